The molecule has 1 atom stereocenters. The molecule has 154 valence electrons. The van der Waals surface area contributed by atoms with Crippen LogP contribution in [0.25, 0.3) is 0 Å². The fourth-order valence-electron chi connectivity index (χ4n) is 2.68. The quantitative estimate of drug-likeness (QED) is 0.281. The fraction of sp³-hybridized carbons (Fsp3) is 0.381. The normalized spacial score (nSPS) is 11.9. The van der Waals surface area contributed by atoms with E-state index in [1.54, 1.807) is 14.2 Å². The summed E-state index contributed by atoms with van der Waals surface area (Å²) >= 11 is 0. The maximum absolute atomic E-state index is 10.4. The third kappa shape index (κ3) is 7.55. The van der Waals surface area contributed by atoms with Gasteiger partial charge in [-0.1, -0.05) is 30.3 Å². The van der Waals surface area contributed by atoms with Crippen LogP contribution < -0.4 is 20.1 Å². The molecular weight excluding hydrogens is 469 g/mol. The summed E-state index contributed by atoms with van der Waals surface area (Å²) in [5.41, 5.74) is 1.95. The molecular formula is C21H30IN3O3. The second-order valence-corrected chi connectivity index (χ2v) is 6.00. The predicted molar refractivity (Wildman–Crippen MR) is 124 cm³/mol. The Labute approximate surface area is 184 Å². The number of aliphatic imine (C=N–C) groups is 1. The lowest BCUT2D eigenvalue weighted by atomic mass is 10.1. The Hall–Kier alpha value is -2.00. The lowest BCUT2D eigenvalue weighted by Gasteiger charge is -2.14. The van der Waals surface area contributed by atoms with Gasteiger partial charge in [-0.15, -0.1) is 24.0 Å². The van der Waals surface area contributed by atoms with Gasteiger partial charge in [-0.05, 0) is 42.7 Å². The Bertz CT molecular complexity index is 723. The van der Waals surface area contributed by atoms with Gasteiger partial charge in [0.1, 0.15) is 11.5 Å². The second-order valence-electron chi connectivity index (χ2n) is 6.00. The van der Waals surface area contributed by atoms with Gasteiger partial charge in [-0.3, -0.25) is 4.99 Å². The van der Waals surface area contributed by atoms with E-state index in [1.165, 1.54) is 0 Å². The van der Waals surface area contributed by atoms with Crippen LogP contribution in [0.5, 0.6) is 11.5 Å². The van der Waals surface area contributed by atoms with Crippen LogP contribution >= 0.6 is 24.0 Å². The van der Waals surface area contributed by atoms with Crippen molar-refractivity contribution in [1.82, 2.24) is 10.6 Å². The lowest BCUT2D eigenvalue weighted by Crippen LogP contribution is -2.38. The number of aliphatic hydroxyl groups excluding tert-OH is 1. The average molecular weight is 499 g/mol. The number of hydrogen-bond acceptors (Lipinski definition) is 4. The van der Waals surface area contributed by atoms with Gasteiger partial charge in [0.15, 0.2) is 5.96 Å². The standard InChI is InChI=1S/C21H29N3O3.HI/c1-4-22-21(23-14-13-17-7-5-6-8-20(17)27-3)24-15-19(25)16-9-11-18(26-2)12-10-16;/h5-12,19,25H,4,13-15H2,1-3H3,(H2,22,23,24);1H. The van der Waals surface area contributed by atoms with Gasteiger partial charge in [0.2, 0.25) is 0 Å². The minimum atomic E-state index is -0.666. The van der Waals surface area contributed by atoms with Crippen LogP contribution in [0.4, 0.5) is 0 Å². The average Bonchev–Trinajstić information content (AvgIpc) is 2.72. The van der Waals surface area contributed by atoms with Crippen molar-refractivity contribution in [2.24, 2.45) is 4.99 Å². The van der Waals surface area contributed by atoms with Gasteiger partial charge in [0.25, 0.3) is 0 Å². The number of nitrogens with zero attached hydrogens (tertiary/aromatic N) is 1. The van der Waals surface area contributed by atoms with Crippen LogP contribution in [-0.4, -0.2) is 44.9 Å². The number of ether oxygens (including phenoxy) is 2. The molecule has 0 aliphatic carbocycles. The number of halogens is 1. The van der Waals surface area contributed by atoms with E-state index in [2.05, 4.69) is 21.7 Å². The highest BCUT2D eigenvalue weighted by Crippen LogP contribution is 2.18. The van der Waals surface area contributed by atoms with Crippen molar-refractivity contribution in [3.63, 3.8) is 0 Å². The lowest BCUT2D eigenvalue weighted by molar-refractivity contribution is 0.187. The first kappa shape index (κ1) is 24.0. The third-order valence-corrected chi connectivity index (χ3v) is 4.15. The molecule has 0 aliphatic heterocycles. The van der Waals surface area contributed by atoms with E-state index < -0.39 is 6.10 Å². The van der Waals surface area contributed by atoms with Crippen LogP contribution in [0, 0.1) is 0 Å². The number of rotatable bonds is 9. The summed E-state index contributed by atoms with van der Waals surface area (Å²) in [4.78, 5) is 4.49. The predicted octanol–water partition coefficient (Wildman–Crippen LogP) is 3.15. The van der Waals surface area contributed by atoms with Crippen LogP contribution in [0.3, 0.4) is 0 Å². The van der Waals surface area contributed by atoms with Crippen LogP contribution in [0.2, 0.25) is 0 Å². The van der Waals surface area contributed by atoms with Crippen LogP contribution in [0.1, 0.15) is 24.2 Å². The first-order valence-corrected chi connectivity index (χ1v) is 9.14. The molecule has 6 nitrogen and oxygen atoms in total. The number of benzene rings is 2. The molecule has 7 heteroatoms. The Kier molecular flexibility index (Phi) is 11.4. The van der Waals surface area contributed by atoms with Crippen molar-refractivity contribution < 1.29 is 14.6 Å². The van der Waals surface area contributed by atoms with Crippen LogP contribution in [-0.2, 0) is 6.42 Å². The van der Waals surface area contributed by atoms with Crippen molar-refractivity contribution in [2.45, 2.75) is 19.4 Å². The molecule has 0 aromatic heterocycles. The van der Waals surface area contributed by atoms with Crippen molar-refractivity contribution in [3.8, 4) is 11.5 Å². The summed E-state index contributed by atoms with van der Waals surface area (Å²) in [6.07, 6.45) is 0.149. The zero-order chi connectivity index (χ0) is 19.5. The molecule has 0 aliphatic rings. The van der Waals surface area contributed by atoms with Gasteiger partial charge in [-0.25, -0.2) is 0 Å². The number of aliphatic hydroxyl groups is 1. The highest BCUT2D eigenvalue weighted by Gasteiger charge is 2.08. The Balaban J connectivity index is 0.00000392. The Morgan fingerprint density at radius 1 is 1.04 bits per heavy atom. The van der Waals surface area contributed by atoms with Crippen molar-refractivity contribution in [3.05, 3.63) is 59.7 Å². The molecule has 0 saturated carbocycles. The monoisotopic (exact) mass is 499 g/mol. The zero-order valence-corrected chi connectivity index (χ0v) is 19.0. The summed E-state index contributed by atoms with van der Waals surface area (Å²) < 4.78 is 10.5. The largest absolute Gasteiger partial charge is 0.497 e. The highest BCUT2D eigenvalue weighted by molar-refractivity contribution is 14.0. The minimum Gasteiger partial charge on any atom is -0.497 e. The molecule has 0 bridgehead atoms. The molecule has 0 radical (unpaired) electrons. The maximum atomic E-state index is 10.4. The molecule has 0 spiro atoms. The first-order chi connectivity index (χ1) is 13.2. The fourth-order valence-corrected chi connectivity index (χ4v) is 2.68. The number of para-hydroxylation sites is 1. The van der Waals surface area contributed by atoms with E-state index in [0.29, 0.717) is 12.5 Å². The van der Waals surface area contributed by atoms with Gasteiger partial charge in [-0.2, -0.15) is 0 Å². The Morgan fingerprint density at radius 2 is 1.75 bits per heavy atom. The summed E-state index contributed by atoms with van der Waals surface area (Å²) in [6, 6.07) is 15.3. The molecule has 0 saturated heterocycles. The molecule has 0 amide bonds. The first-order valence-electron chi connectivity index (χ1n) is 9.14. The topological polar surface area (TPSA) is 75.1 Å². The molecule has 2 aromatic rings. The molecule has 3 N–H and O–H groups in total. The molecule has 28 heavy (non-hydrogen) atoms. The Morgan fingerprint density at radius 3 is 2.39 bits per heavy atom. The number of guanidine groups is 1. The van der Waals surface area contributed by atoms with Crippen LogP contribution in [0.15, 0.2) is 53.5 Å². The number of methoxy groups -OCH3 is 2. The second kappa shape index (κ2) is 13.2. The summed E-state index contributed by atoms with van der Waals surface area (Å²) in [5, 5.41) is 16.8. The van der Waals surface area contributed by atoms with E-state index in [0.717, 1.165) is 35.6 Å². The smallest absolute Gasteiger partial charge is 0.191 e. The van der Waals surface area contributed by atoms with Crippen molar-refractivity contribution >= 4 is 29.9 Å². The van der Waals surface area contributed by atoms with E-state index >= 15 is 0 Å². The molecule has 1 unspecified atom stereocenters. The summed E-state index contributed by atoms with van der Waals surface area (Å²) in [7, 11) is 3.30. The third-order valence-electron chi connectivity index (χ3n) is 4.15. The van der Waals surface area contributed by atoms with Crippen molar-refractivity contribution in [2.75, 3.05) is 33.9 Å². The molecule has 2 rings (SSSR count). The van der Waals surface area contributed by atoms with Gasteiger partial charge < -0.3 is 25.2 Å². The molecule has 0 heterocycles. The molecule has 0 fully saturated rings. The van der Waals surface area contributed by atoms with E-state index in [-0.39, 0.29) is 30.5 Å². The zero-order valence-electron chi connectivity index (χ0n) is 16.6. The van der Waals surface area contributed by atoms with Gasteiger partial charge >= 0.3 is 0 Å². The number of nitrogens with one attached hydrogen (secondary N) is 2. The van der Waals surface area contributed by atoms with E-state index in [1.807, 2.05) is 49.4 Å². The van der Waals surface area contributed by atoms with E-state index in [4.69, 9.17) is 9.47 Å². The SMILES string of the molecule is CCNC(=NCC(O)c1ccc(OC)cc1)NCCc1ccccc1OC.I. The maximum Gasteiger partial charge on any atom is 0.191 e. The summed E-state index contributed by atoms with van der Waals surface area (Å²) in [5.74, 6) is 2.33. The highest BCUT2D eigenvalue weighted by atomic mass is 127. The van der Waals surface area contributed by atoms with Crippen molar-refractivity contribution in [1.29, 1.82) is 0 Å². The minimum absolute atomic E-state index is 0. The number of hydrogen-bond donors (Lipinski definition) is 3. The van der Waals surface area contributed by atoms with Gasteiger partial charge in [0.05, 0.1) is 26.9 Å². The van der Waals surface area contributed by atoms with Gasteiger partial charge in [0, 0.05) is 13.1 Å². The molecule has 2 aromatic carbocycles. The summed E-state index contributed by atoms with van der Waals surface area (Å²) in [6.45, 7) is 3.75. The van der Waals surface area contributed by atoms with E-state index in [9.17, 15) is 5.11 Å².